The van der Waals surface area contributed by atoms with Crippen molar-refractivity contribution >= 4 is 29.1 Å². The minimum atomic E-state index is -0.259. The highest BCUT2D eigenvalue weighted by atomic mass is 35.5. The molecule has 5 heteroatoms. The Bertz CT molecular complexity index is 584. The van der Waals surface area contributed by atoms with Gasteiger partial charge in [0, 0.05) is 16.2 Å². The molecule has 1 atom stereocenters. The monoisotopic (exact) mass is 294 g/mol. The van der Waals surface area contributed by atoms with E-state index >= 15 is 0 Å². The predicted molar refractivity (Wildman–Crippen MR) is 76.6 cm³/mol. The van der Waals surface area contributed by atoms with Gasteiger partial charge in [0.1, 0.15) is 5.69 Å². The number of carbonyl (C=O) groups excluding carboxylic acids is 1. The van der Waals surface area contributed by atoms with E-state index in [0.29, 0.717) is 15.7 Å². The number of rotatable bonds is 3. The summed E-state index contributed by atoms with van der Waals surface area (Å²) in [5.74, 6) is -0.259. The molecule has 0 aliphatic rings. The number of halogens is 2. The molecule has 2 rings (SSSR count). The van der Waals surface area contributed by atoms with Crippen LogP contribution in [-0.4, -0.2) is 10.9 Å². The summed E-state index contributed by atoms with van der Waals surface area (Å²) < 4.78 is 0. The van der Waals surface area contributed by atoms with Crippen molar-refractivity contribution in [3.05, 3.63) is 63.9 Å². The van der Waals surface area contributed by atoms with Gasteiger partial charge in [-0.15, -0.1) is 0 Å². The first kappa shape index (κ1) is 13.8. The van der Waals surface area contributed by atoms with Gasteiger partial charge in [-0.1, -0.05) is 35.3 Å². The molecule has 0 aliphatic carbocycles. The fourth-order valence-electron chi connectivity index (χ4n) is 1.63. The zero-order valence-corrected chi connectivity index (χ0v) is 11.7. The molecular weight excluding hydrogens is 283 g/mol. The van der Waals surface area contributed by atoms with E-state index in [2.05, 4.69) is 10.3 Å². The molecule has 19 heavy (non-hydrogen) atoms. The van der Waals surface area contributed by atoms with Gasteiger partial charge in [-0.3, -0.25) is 9.78 Å². The van der Waals surface area contributed by atoms with Crippen molar-refractivity contribution in [3.8, 4) is 0 Å². The van der Waals surface area contributed by atoms with Crippen LogP contribution in [0.5, 0.6) is 0 Å². The molecule has 0 bridgehead atoms. The van der Waals surface area contributed by atoms with E-state index in [4.69, 9.17) is 23.2 Å². The largest absolute Gasteiger partial charge is 0.344 e. The molecule has 1 aromatic carbocycles. The minimum Gasteiger partial charge on any atom is -0.344 e. The van der Waals surface area contributed by atoms with Gasteiger partial charge in [0.05, 0.1) is 6.04 Å². The SMILES string of the molecule is CC(NC(=O)c1cc(Cl)ccn1)c1ccc(Cl)cc1. The van der Waals surface area contributed by atoms with Crippen molar-refractivity contribution < 1.29 is 4.79 Å². The predicted octanol–water partition coefficient (Wildman–Crippen LogP) is 3.88. The van der Waals surface area contributed by atoms with E-state index in [1.807, 2.05) is 19.1 Å². The Morgan fingerprint density at radius 1 is 1.16 bits per heavy atom. The summed E-state index contributed by atoms with van der Waals surface area (Å²) in [4.78, 5) is 16.0. The molecule has 0 radical (unpaired) electrons. The van der Waals surface area contributed by atoms with Gasteiger partial charge in [0.2, 0.25) is 0 Å². The first-order valence-corrected chi connectivity index (χ1v) is 6.50. The van der Waals surface area contributed by atoms with Crippen LogP contribution in [0.3, 0.4) is 0 Å². The molecule has 0 saturated heterocycles. The summed E-state index contributed by atoms with van der Waals surface area (Å²) in [5, 5.41) is 4.01. The van der Waals surface area contributed by atoms with Crippen LogP contribution in [-0.2, 0) is 0 Å². The molecule has 0 spiro atoms. The lowest BCUT2D eigenvalue weighted by molar-refractivity contribution is 0.0935. The normalized spacial score (nSPS) is 11.9. The zero-order valence-electron chi connectivity index (χ0n) is 10.2. The minimum absolute atomic E-state index is 0.134. The summed E-state index contributed by atoms with van der Waals surface area (Å²) in [5.41, 5.74) is 1.27. The van der Waals surface area contributed by atoms with Gasteiger partial charge in [-0.2, -0.15) is 0 Å². The summed E-state index contributed by atoms with van der Waals surface area (Å²) in [6.07, 6.45) is 1.50. The van der Waals surface area contributed by atoms with E-state index in [1.165, 1.54) is 12.3 Å². The zero-order chi connectivity index (χ0) is 13.8. The maximum absolute atomic E-state index is 12.0. The molecule has 0 fully saturated rings. The van der Waals surface area contributed by atoms with Gasteiger partial charge in [0.15, 0.2) is 0 Å². The number of nitrogens with zero attached hydrogens (tertiary/aromatic N) is 1. The number of aromatic nitrogens is 1. The Labute approximate surface area is 121 Å². The Balaban J connectivity index is 2.08. The molecular formula is C14H12Cl2N2O. The Hall–Kier alpha value is -1.58. The molecule has 1 unspecified atom stereocenters. The van der Waals surface area contributed by atoms with Crippen LogP contribution in [0.2, 0.25) is 10.0 Å². The molecule has 98 valence electrons. The van der Waals surface area contributed by atoms with Crippen LogP contribution in [0.25, 0.3) is 0 Å². The van der Waals surface area contributed by atoms with Crippen molar-refractivity contribution in [2.24, 2.45) is 0 Å². The molecule has 0 saturated carbocycles. The van der Waals surface area contributed by atoms with Crippen molar-refractivity contribution in [2.45, 2.75) is 13.0 Å². The maximum atomic E-state index is 12.0. The van der Waals surface area contributed by atoms with Gasteiger partial charge >= 0.3 is 0 Å². The number of pyridine rings is 1. The van der Waals surface area contributed by atoms with Gasteiger partial charge in [0.25, 0.3) is 5.91 Å². The number of carbonyl (C=O) groups is 1. The second-order valence-corrected chi connectivity index (χ2v) is 4.98. The van der Waals surface area contributed by atoms with Crippen molar-refractivity contribution in [1.29, 1.82) is 0 Å². The van der Waals surface area contributed by atoms with Crippen LogP contribution in [0, 0.1) is 0 Å². The van der Waals surface area contributed by atoms with Crippen LogP contribution in [0.15, 0.2) is 42.6 Å². The molecule has 1 aromatic heterocycles. The number of nitrogens with one attached hydrogen (secondary N) is 1. The number of hydrogen-bond donors (Lipinski definition) is 1. The maximum Gasteiger partial charge on any atom is 0.270 e. The summed E-state index contributed by atoms with van der Waals surface area (Å²) in [7, 11) is 0. The smallest absolute Gasteiger partial charge is 0.270 e. The van der Waals surface area contributed by atoms with Crippen LogP contribution in [0.4, 0.5) is 0 Å². The highest BCUT2D eigenvalue weighted by Crippen LogP contribution is 2.16. The van der Waals surface area contributed by atoms with E-state index in [1.54, 1.807) is 18.2 Å². The van der Waals surface area contributed by atoms with E-state index in [-0.39, 0.29) is 11.9 Å². The Morgan fingerprint density at radius 3 is 2.47 bits per heavy atom. The fourth-order valence-corrected chi connectivity index (χ4v) is 1.92. The Morgan fingerprint density at radius 2 is 1.84 bits per heavy atom. The fraction of sp³-hybridized carbons (Fsp3) is 0.143. The lowest BCUT2D eigenvalue weighted by atomic mass is 10.1. The van der Waals surface area contributed by atoms with Crippen LogP contribution in [0.1, 0.15) is 29.0 Å². The third-order valence-corrected chi connectivity index (χ3v) is 3.16. The molecule has 3 nitrogen and oxygen atoms in total. The first-order valence-electron chi connectivity index (χ1n) is 5.74. The summed E-state index contributed by atoms with van der Waals surface area (Å²) in [6.45, 7) is 1.89. The van der Waals surface area contributed by atoms with E-state index in [9.17, 15) is 4.79 Å². The third-order valence-electron chi connectivity index (χ3n) is 2.67. The lowest BCUT2D eigenvalue weighted by Crippen LogP contribution is -2.27. The van der Waals surface area contributed by atoms with Crippen molar-refractivity contribution in [1.82, 2.24) is 10.3 Å². The number of amides is 1. The lowest BCUT2D eigenvalue weighted by Gasteiger charge is -2.14. The van der Waals surface area contributed by atoms with Crippen molar-refractivity contribution in [3.63, 3.8) is 0 Å². The van der Waals surface area contributed by atoms with Crippen molar-refractivity contribution in [2.75, 3.05) is 0 Å². The molecule has 1 amide bonds. The molecule has 1 N–H and O–H groups in total. The number of hydrogen-bond acceptors (Lipinski definition) is 2. The standard InChI is InChI=1S/C14H12Cl2N2O/c1-9(10-2-4-11(15)5-3-10)18-14(19)13-8-12(16)6-7-17-13/h2-9H,1H3,(H,18,19). The molecule has 0 aliphatic heterocycles. The van der Waals surface area contributed by atoms with Gasteiger partial charge in [-0.25, -0.2) is 0 Å². The third kappa shape index (κ3) is 3.69. The van der Waals surface area contributed by atoms with Crippen LogP contribution < -0.4 is 5.32 Å². The molecule has 2 aromatic rings. The number of benzene rings is 1. The second kappa shape index (κ2) is 6.04. The quantitative estimate of drug-likeness (QED) is 0.933. The highest BCUT2D eigenvalue weighted by Gasteiger charge is 2.12. The summed E-state index contributed by atoms with van der Waals surface area (Å²) >= 11 is 11.6. The van der Waals surface area contributed by atoms with E-state index in [0.717, 1.165) is 5.56 Å². The average Bonchev–Trinajstić information content (AvgIpc) is 2.39. The average molecular weight is 295 g/mol. The topological polar surface area (TPSA) is 42.0 Å². The first-order chi connectivity index (χ1) is 9.06. The van der Waals surface area contributed by atoms with Crippen LogP contribution >= 0.6 is 23.2 Å². The van der Waals surface area contributed by atoms with Gasteiger partial charge in [-0.05, 0) is 36.8 Å². The van der Waals surface area contributed by atoms with E-state index < -0.39 is 0 Å². The highest BCUT2D eigenvalue weighted by molar-refractivity contribution is 6.31. The molecule has 1 heterocycles. The summed E-state index contributed by atoms with van der Waals surface area (Å²) in [6, 6.07) is 10.4. The second-order valence-electron chi connectivity index (χ2n) is 4.11. The Kier molecular flexibility index (Phi) is 4.40. The van der Waals surface area contributed by atoms with Gasteiger partial charge < -0.3 is 5.32 Å².